The van der Waals surface area contributed by atoms with Crippen LogP contribution in [-0.4, -0.2) is 55.6 Å². The van der Waals surface area contributed by atoms with Crippen molar-refractivity contribution in [1.29, 1.82) is 0 Å². The Hall–Kier alpha value is -2.51. The molecule has 0 radical (unpaired) electrons. The summed E-state index contributed by atoms with van der Waals surface area (Å²) in [5, 5.41) is 4.79. The Morgan fingerprint density at radius 3 is 1.84 bits per heavy atom. The van der Waals surface area contributed by atoms with Gasteiger partial charge in [-0.25, -0.2) is 0 Å². The summed E-state index contributed by atoms with van der Waals surface area (Å²) in [4.78, 5) is 26.6. The summed E-state index contributed by atoms with van der Waals surface area (Å²) in [5.41, 5.74) is -6.24. The van der Waals surface area contributed by atoms with Crippen molar-refractivity contribution in [3.63, 3.8) is 0 Å². The van der Waals surface area contributed by atoms with E-state index in [-0.39, 0.29) is 37.9 Å². The SMILES string of the molecule is O=C(NCC1CCN(CCNC(=O)C2(C(F)(F)F)CCCC2)CC1)c1cc(C(F)(F)F)cc(C(F)(F)F)c1. The van der Waals surface area contributed by atoms with Gasteiger partial charge in [0, 0.05) is 25.2 Å². The van der Waals surface area contributed by atoms with Crippen LogP contribution in [0.4, 0.5) is 39.5 Å². The highest BCUT2D eigenvalue weighted by atomic mass is 19.4. The molecule has 1 aromatic carbocycles. The first-order chi connectivity index (χ1) is 17.5. The van der Waals surface area contributed by atoms with Crippen LogP contribution in [0.15, 0.2) is 18.2 Å². The number of hydrogen-bond acceptors (Lipinski definition) is 3. The van der Waals surface area contributed by atoms with E-state index in [1.165, 1.54) is 0 Å². The summed E-state index contributed by atoms with van der Waals surface area (Å²) in [6.45, 7) is 1.40. The van der Waals surface area contributed by atoms with E-state index in [1.54, 1.807) is 0 Å². The van der Waals surface area contributed by atoms with Crippen LogP contribution >= 0.6 is 0 Å². The van der Waals surface area contributed by atoms with Crippen molar-refractivity contribution >= 4 is 11.8 Å². The van der Waals surface area contributed by atoms with Crippen molar-refractivity contribution in [3.8, 4) is 0 Å². The first kappa shape index (κ1) is 30.0. The maximum absolute atomic E-state index is 13.5. The second-order valence-corrected chi connectivity index (χ2v) is 9.83. The summed E-state index contributed by atoms with van der Waals surface area (Å²) < 4.78 is 119. The van der Waals surface area contributed by atoms with Crippen LogP contribution < -0.4 is 10.6 Å². The number of hydrogen-bond donors (Lipinski definition) is 2. The molecule has 1 saturated heterocycles. The van der Waals surface area contributed by atoms with Gasteiger partial charge in [0.25, 0.3) is 5.91 Å². The molecule has 2 fully saturated rings. The van der Waals surface area contributed by atoms with E-state index in [9.17, 15) is 49.1 Å². The van der Waals surface area contributed by atoms with Crippen molar-refractivity contribution in [1.82, 2.24) is 15.5 Å². The lowest BCUT2D eigenvalue weighted by atomic mass is 9.84. The Balaban J connectivity index is 1.46. The number of benzene rings is 1. The highest BCUT2D eigenvalue weighted by molar-refractivity contribution is 5.94. The van der Waals surface area contributed by atoms with Crippen LogP contribution in [0.3, 0.4) is 0 Å². The molecule has 0 unspecified atom stereocenters. The minimum atomic E-state index is -5.06. The van der Waals surface area contributed by atoms with Crippen molar-refractivity contribution in [2.75, 3.05) is 32.7 Å². The van der Waals surface area contributed by atoms with E-state index in [0.717, 1.165) is 0 Å². The van der Waals surface area contributed by atoms with Crippen LogP contribution in [0.2, 0.25) is 0 Å². The van der Waals surface area contributed by atoms with Crippen molar-refractivity contribution in [3.05, 3.63) is 34.9 Å². The summed E-state index contributed by atoms with van der Waals surface area (Å²) in [6.07, 6.45) is -13.4. The molecular formula is C24H28F9N3O2. The minimum absolute atomic E-state index is 0.0368. The number of rotatable bonds is 7. The summed E-state index contributed by atoms with van der Waals surface area (Å²) in [7, 11) is 0. The zero-order chi connectivity index (χ0) is 28.4. The number of alkyl halides is 9. The third-order valence-corrected chi connectivity index (χ3v) is 7.26. The molecule has 5 nitrogen and oxygen atoms in total. The molecule has 0 bridgehead atoms. The van der Waals surface area contributed by atoms with Crippen LogP contribution in [0.1, 0.15) is 60.0 Å². The summed E-state index contributed by atoms with van der Waals surface area (Å²) in [6, 6.07) is 0.692. The van der Waals surface area contributed by atoms with Gasteiger partial charge in [-0.05, 0) is 62.9 Å². The molecule has 1 aromatic rings. The molecule has 14 heteroatoms. The average Bonchev–Trinajstić information content (AvgIpc) is 3.34. The van der Waals surface area contributed by atoms with E-state index >= 15 is 0 Å². The maximum Gasteiger partial charge on any atom is 0.416 e. The van der Waals surface area contributed by atoms with Gasteiger partial charge >= 0.3 is 18.5 Å². The molecule has 0 atom stereocenters. The smallest absolute Gasteiger partial charge is 0.354 e. The van der Waals surface area contributed by atoms with Gasteiger partial charge in [-0.3, -0.25) is 9.59 Å². The molecule has 3 rings (SSSR count). The van der Waals surface area contributed by atoms with Crippen LogP contribution in [0, 0.1) is 11.3 Å². The number of halogens is 9. The molecule has 2 N–H and O–H groups in total. The Morgan fingerprint density at radius 1 is 0.842 bits per heavy atom. The highest BCUT2D eigenvalue weighted by Crippen LogP contribution is 2.50. The largest absolute Gasteiger partial charge is 0.416 e. The van der Waals surface area contributed by atoms with Crippen molar-refractivity contribution in [2.45, 2.75) is 57.1 Å². The fourth-order valence-corrected chi connectivity index (χ4v) is 4.95. The predicted octanol–water partition coefficient (Wildman–Crippen LogP) is 5.40. The van der Waals surface area contributed by atoms with Gasteiger partial charge in [0.1, 0.15) is 5.41 Å². The number of likely N-dealkylation sites (tertiary alicyclic amines) is 1. The predicted molar refractivity (Wildman–Crippen MR) is 118 cm³/mol. The molecule has 1 saturated carbocycles. The number of nitrogens with one attached hydrogen (secondary N) is 2. The number of amides is 2. The fraction of sp³-hybridized carbons (Fsp3) is 0.667. The van der Waals surface area contributed by atoms with E-state index in [2.05, 4.69) is 10.6 Å². The first-order valence-electron chi connectivity index (χ1n) is 12.2. The van der Waals surface area contributed by atoms with Gasteiger partial charge in [-0.15, -0.1) is 0 Å². The van der Waals surface area contributed by atoms with Crippen LogP contribution in [-0.2, 0) is 17.1 Å². The molecule has 0 spiro atoms. The van der Waals surface area contributed by atoms with E-state index < -0.39 is 52.4 Å². The molecule has 38 heavy (non-hydrogen) atoms. The second kappa shape index (κ2) is 11.3. The minimum Gasteiger partial charge on any atom is -0.354 e. The van der Waals surface area contributed by atoms with E-state index in [1.807, 2.05) is 4.90 Å². The Kier molecular flexibility index (Phi) is 8.94. The normalized spacial score (nSPS) is 19.4. The van der Waals surface area contributed by atoms with Gasteiger partial charge in [-0.2, -0.15) is 39.5 Å². The summed E-state index contributed by atoms with van der Waals surface area (Å²) >= 11 is 0. The number of carbonyl (C=O) groups is 2. The van der Waals surface area contributed by atoms with Gasteiger partial charge in [0.15, 0.2) is 0 Å². The third-order valence-electron chi connectivity index (χ3n) is 7.26. The third kappa shape index (κ3) is 7.11. The molecule has 0 aromatic heterocycles. The Morgan fingerprint density at radius 2 is 1.37 bits per heavy atom. The molecule has 1 aliphatic heterocycles. The van der Waals surface area contributed by atoms with Gasteiger partial charge in [-0.1, -0.05) is 12.8 Å². The lowest BCUT2D eigenvalue weighted by molar-refractivity contribution is -0.220. The lowest BCUT2D eigenvalue weighted by Crippen LogP contribution is -2.50. The maximum atomic E-state index is 13.5. The van der Waals surface area contributed by atoms with Gasteiger partial charge in [0.2, 0.25) is 5.91 Å². The number of carbonyl (C=O) groups excluding carboxylic acids is 2. The molecule has 1 aliphatic carbocycles. The molecule has 1 heterocycles. The van der Waals surface area contributed by atoms with Crippen molar-refractivity contribution < 1.29 is 49.1 Å². The standard InChI is InChI=1S/C24H28F9N3O2/c25-22(26,27)17-11-16(12-18(13-17)23(28,29)30)19(37)35-14-15-3-8-36(9-4-15)10-7-34-20(38)21(24(31,32)33)5-1-2-6-21/h11-13,15H,1-10,14H2,(H,34,38)(H,35,37). The second-order valence-electron chi connectivity index (χ2n) is 9.83. The molecule has 214 valence electrons. The monoisotopic (exact) mass is 561 g/mol. The molecule has 2 aliphatic rings. The van der Waals surface area contributed by atoms with Gasteiger partial charge < -0.3 is 15.5 Å². The zero-order valence-corrected chi connectivity index (χ0v) is 20.3. The van der Waals surface area contributed by atoms with Crippen molar-refractivity contribution in [2.24, 2.45) is 11.3 Å². The fourth-order valence-electron chi connectivity index (χ4n) is 4.95. The van der Waals surface area contributed by atoms with Crippen LogP contribution in [0.25, 0.3) is 0 Å². The topological polar surface area (TPSA) is 61.4 Å². The molecule has 2 amide bonds. The Bertz CT molecular complexity index is 959. The quantitative estimate of drug-likeness (QED) is 0.438. The summed E-state index contributed by atoms with van der Waals surface area (Å²) in [5.74, 6) is -2.16. The molecular weight excluding hydrogens is 533 g/mol. The first-order valence-corrected chi connectivity index (χ1v) is 12.2. The number of piperidine rings is 1. The number of nitrogens with zero attached hydrogens (tertiary/aromatic N) is 1. The zero-order valence-electron chi connectivity index (χ0n) is 20.3. The Labute approximate surface area is 213 Å². The average molecular weight is 561 g/mol. The van der Waals surface area contributed by atoms with E-state index in [4.69, 9.17) is 0 Å². The lowest BCUT2D eigenvalue weighted by Gasteiger charge is -2.33. The highest BCUT2D eigenvalue weighted by Gasteiger charge is 2.60. The van der Waals surface area contributed by atoms with Gasteiger partial charge in [0.05, 0.1) is 11.1 Å². The van der Waals surface area contributed by atoms with Crippen LogP contribution in [0.5, 0.6) is 0 Å². The van der Waals surface area contributed by atoms with E-state index in [0.29, 0.717) is 57.5 Å².